The van der Waals surface area contributed by atoms with Crippen LogP contribution in [0.25, 0.3) is 0 Å². The van der Waals surface area contributed by atoms with Crippen molar-refractivity contribution in [2.45, 2.75) is 13.8 Å². The summed E-state index contributed by atoms with van der Waals surface area (Å²) in [6, 6.07) is 9.16. The molecule has 1 unspecified atom stereocenters. The van der Waals surface area contributed by atoms with Crippen LogP contribution < -0.4 is 43.7 Å². The molecule has 0 amide bonds. The summed E-state index contributed by atoms with van der Waals surface area (Å²) in [4.78, 5) is 0. The van der Waals surface area contributed by atoms with Gasteiger partial charge in [0.05, 0.1) is 12.2 Å². The summed E-state index contributed by atoms with van der Waals surface area (Å²) >= 11 is 9.53. The first kappa shape index (κ1) is 19.8. The van der Waals surface area contributed by atoms with Crippen molar-refractivity contribution in [1.82, 2.24) is 0 Å². The molecular weight excluding hydrogens is 350 g/mol. The molecule has 0 radical (unpaired) electrons. The van der Waals surface area contributed by atoms with Crippen LogP contribution in [0.1, 0.15) is 11.1 Å². The van der Waals surface area contributed by atoms with E-state index in [0.717, 1.165) is 11.1 Å². The molecule has 2 rings (SSSR count). The summed E-state index contributed by atoms with van der Waals surface area (Å²) in [5.74, 6) is 0.659. The number of phenolic OH excluding ortho intramolecular Hbond substituents is 1. The van der Waals surface area contributed by atoms with Crippen LogP contribution in [0.3, 0.4) is 0 Å². The average Bonchev–Trinajstić information content (AvgIpc) is 2.37. The summed E-state index contributed by atoms with van der Waals surface area (Å²) in [5.41, 5.74) is 1.57. The van der Waals surface area contributed by atoms with Crippen molar-refractivity contribution in [3.8, 4) is 23.0 Å². The van der Waals surface area contributed by atoms with Gasteiger partial charge in [0.2, 0.25) is 0 Å². The second-order valence-corrected chi connectivity index (χ2v) is 9.66. The summed E-state index contributed by atoms with van der Waals surface area (Å²) in [5, 5.41) is 20.9. The Balaban J connectivity index is 0.00000242. The van der Waals surface area contributed by atoms with Gasteiger partial charge < -0.3 is 31.5 Å². The number of phenols is 1. The molecule has 2 aromatic carbocycles. The maximum Gasteiger partial charge on any atom is 1.00 e. The van der Waals surface area contributed by atoms with Crippen molar-refractivity contribution in [1.29, 1.82) is 0 Å². The average molecular weight is 364 g/mol. The van der Waals surface area contributed by atoms with Crippen LogP contribution in [0, 0.1) is 13.8 Å². The zero-order chi connectivity index (χ0) is 15.6. The van der Waals surface area contributed by atoms with Gasteiger partial charge in [-0.2, -0.15) is 0 Å². The van der Waals surface area contributed by atoms with Gasteiger partial charge in [0.1, 0.15) is 5.75 Å². The molecule has 0 fully saturated rings. The third kappa shape index (κ3) is 5.44. The molecular formula is C14H14NaO4PS2. The van der Waals surface area contributed by atoms with E-state index in [1.807, 2.05) is 6.92 Å². The minimum absolute atomic E-state index is 0. The number of aryl methyl sites for hydroxylation is 2. The molecule has 0 saturated carbocycles. The van der Waals surface area contributed by atoms with Crippen molar-refractivity contribution in [2.75, 3.05) is 0 Å². The van der Waals surface area contributed by atoms with Crippen molar-refractivity contribution < 1.29 is 48.8 Å². The van der Waals surface area contributed by atoms with E-state index in [1.165, 1.54) is 18.2 Å². The fourth-order valence-corrected chi connectivity index (χ4v) is 3.57. The van der Waals surface area contributed by atoms with E-state index >= 15 is 0 Å². The number of benzene rings is 2. The predicted octanol–water partition coefficient (Wildman–Crippen LogP) is 0.699. The molecule has 1 N–H and O–H groups in total. The topological polar surface area (TPSA) is 61.8 Å². The molecule has 0 aliphatic carbocycles. The summed E-state index contributed by atoms with van der Waals surface area (Å²) in [6.07, 6.45) is -2.95. The standard InChI is InChI=1S/C14H15O4PS2.Na/c1-9-3-5-11(15)7-13(9)17-19(20,21)18-14-8-12(16)6-4-10(14)2;/h3-8,15-16H,1-2H3,(H,20,21);/q;+1/p-1. The maximum atomic E-state index is 11.4. The molecule has 0 saturated heterocycles. The van der Waals surface area contributed by atoms with Gasteiger partial charge in [0, 0.05) is 6.07 Å². The van der Waals surface area contributed by atoms with Crippen molar-refractivity contribution in [2.24, 2.45) is 0 Å². The van der Waals surface area contributed by atoms with Gasteiger partial charge in [-0.05, 0) is 37.1 Å². The monoisotopic (exact) mass is 364 g/mol. The first-order valence-electron chi connectivity index (χ1n) is 6.06. The van der Waals surface area contributed by atoms with Gasteiger partial charge >= 0.3 is 35.7 Å². The van der Waals surface area contributed by atoms with Gasteiger partial charge in [0.25, 0.3) is 0 Å². The Kier molecular flexibility index (Phi) is 7.24. The Morgan fingerprint density at radius 3 is 2.14 bits per heavy atom. The number of hydrogen-bond donors (Lipinski definition) is 2. The molecule has 0 bridgehead atoms. The molecule has 22 heavy (non-hydrogen) atoms. The Hall–Kier alpha value is -0.230. The summed E-state index contributed by atoms with van der Waals surface area (Å²) in [7, 11) is 0. The maximum absolute atomic E-state index is 11.4. The van der Waals surface area contributed by atoms with E-state index in [1.54, 1.807) is 25.1 Å². The molecule has 0 heterocycles. The van der Waals surface area contributed by atoms with Crippen molar-refractivity contribution >= 4 is 30.6 Å². The van der Waals surface area contributed by atoms with Crippen LogP contribution in [0.4, 0.5) is 0 Å². The minimum atomic E-state index is -2.95. The normalized spacial score (nSPS) is 12.9. The van der Waals surface area contributed by atoms with Gasteiger partial charge in [-0.25, -0.2) is 0 Å². The molecule has 112 valence electrons. The Bertz CT molecular complexity index is 612. The van der Waals surface area contributed by atoms with E-state index in [0.29, 0.717) is 11.5 Å². The molecule has 0 spiro atoms. The van der Waals surface area contributed by atoms with E-state index in [4.69, 9.17) is 21.3 Å². The third-order valence-electron chi connectivity index (χ3n) is 2.76. The van der Waals surface area contributed by atoms with Crippen molar-refractivity contribution in [3.05, 3.63) is 47.5 Å². The predicted molar refractivity (Wildman–Crippen MR) is 88.0 cm³/mol. The first-order valence-corrected chi connectivity index (χ1v) is 9.85. The number of thiol groups is 1. The summed E-state index contributed by atoms with van der Waals surface area (Å²) < 4.78 is 11.2. The molecule has 0 aromatic heterocycles. The second kappa shape index (κ2) is 8.04. The van der Waals surface area contributed by atoms with Crippen molar-refractivity contribution in [3.63, 3.8) is 0 Å². The molecule has 0 aliphatic heterocycles. The van der Waals surface area contributed by atoms with Crippen LogP contribution >= 0.6 is 18.4 Å². The molecule has 0 aliphatic rings. The van der Waals surface area contributed by atoms with E-state index in [2.05, 4.69) is 12.2 Å². The quantitative estimate of drug-likeness (QED) is 0.362. The SMILES string of the molecule is Cc1ccc([O-])cc1O[P+]([S-])(S)Oc1cc(O)ccc1C.[Na+]. The molecule has 8 heteroatoms. The smallest absolute Gasteiger partial charge is 0.872 e. The summed E-state index contributed by atoms with van der Waals surface area (Å²) in [6.45, 7) is 3.62. The molecule has 2 aromatic rings. The molecule has 1 atom stereocenters. The van der Waals surface area contributed by atoms with E-state index < -0.39 is 6.12 Å². The zero-order valence-electron chi connectivity index (χ0n) is 12.4. The third-order valence-corrected chi connectivity index (χ3v) is 4.55. The number of rotatable bonds is 4. The second-order valence-electron chi connectivity index (χ2n) is 4.53. The number of aromatic hydroxyl groups is 1. The fraction of sp³-hybridized carbons (Fsp3) is 0.143. The zero-order valence-corrected chi connectivity index (χ0v) is 17.0. The Labute approximate surface area is 163 Å². The van der Waals surface area contributed by atoms with Gasteiger partial charge in [-0.3, -0.25) is 0 Å². The van der Waals surface area contributed by atoms with Crippen LogP contribution in [0.15, 0.2) is 36.4 Å². The number of hydrogen-bond acceptors (Lipinski definition) is 6. The van der Waals surface area contributed by atoms with Crippen LogP contribution in [0.5, 0.6) is 23.0 Å². The Morgan fingerprint density at radius 1 is 1.05 bits per heavy atom. The van der Waals surface area contributed by atoms with Gasteiger partial charge in [-0.15, -0.1) is 5.75 Å². The van der Waals surface area contributed by atoms with Gasteiger partial charge in [-0.1, -0.05) is 18.2 Å². The van der Waals surface area contributed by atoms with Crippen LogP contribution in [0.2, 0.25) is 0 Å². The van der Waals surface area contributed by atoms with Crippen LogP contribution in [-0.4, -0.2) is 5.11 Å². The minimum Gasteiger partial charge on any atom is -0.872 e. The van der Waals surface area contributed by atoms with Gasteiger partial charge in [0.15, 0.2) is 11.5 Å². The first-order chi connectivity index (χ1) is 9.77. The van der Waals surface area contributed by atoms with E-state index in [-0.39, 0.29) is 41.1 Å². The Morgan fingerprint density at radius 2 is 1.55 bits per heavy atom. The largest absolute Gasteiger partial charge is 1.00 e. The molecule has 4 nitrogen and oxygen atoms in total. The fourth-order valence-electron chi connectivity index (χ4n) is 1.63. The van der Waals surface area contributed by atoms with Crippen LogP contribution in [-0.2, 0) is 12.2 Å². The van der Waals surface area contributed by atoms with E-state index in [9.17, 15) is 10.2 Å².